The van der Waals surface area contributed by atoms with E-state index < -0.39 is 0 Å². The average molecular weight is 384 g/mol. The Hall–Kier alpha value is -2.41. The third-order valence-electron chi connectivity index (χ3n) is 4.79. The molecule has 0 saturated heterocycles. The molecule has 142 valence electrons. The molecule has 0 bridgehead atoms. The minimum Gasteiger partial charge on any atom is -0.356 e. The van der Waals surface area contributed by atoms with Crippen molar-refractivity contribution in [3.8, 4) is 0 Å². The number of hydrogen-bond donors (Lipinski definition) is 1. The van der Waals surface area contributed by atoms with E-state index in [9.17, 15) is 4.79 Å². The number of aromatic nitrogens is 4. The van der Waals surface area contributed by atoms with Gasteiger partial charge in [-0.05, 0) is 56.6 Å². The molecule has 1 aromatic carbocycles. The summed E-state index contributed by atoms with van der Waals surface area (Å²) >= 11 is 1.49. The van der Waals surface area contributed by atoms with Gasteiger partial charge in [0, 0.05) is 24.4 Å². The highest BCUT2D eigenvalue weighted by Crippen LogP contribution is 2.18. The van der Waals surface area contributed by atoms with Crippen molar-refractivity contribution in [2.45, 2.75) is 45.2 Å². The number of hydrogen-bond acceptors (Lipinski definition) is 5. The Morgan fingerprint density at radius 1 is 1.15 bits per heavy atom. The quantitative estimate of drug-likeness (QED) is 0.635. The summed E-state index contributed by atoms with van der Waals surface area (Å²) < 4.78 is 1.77. The van der Waals surface area contributed by atoms with Gasteiger partial charge in [-0.25, -0.2) is 9.50 Å². The van der Waals surface area contributed by atoms with Crippen LogP contribution in [0.4, 0.5) is 0 Å². The molecular weight excluding hydrogens is 358 g/mol. The highest BCUT2D eigenvalue weighted by molar-refractivity contribution is 7.98. The molecule has 2 aromatic heterocycles. The van der Waals surface area contributed by atoms with Crippen LogP contribution in [-0.2, 0) is 17.6 Å². The van der Waals surface area contributed by atoms with E-state index in [0.29, 0.717) is 30.3 Å². The number of thioether (sulfide) groups is 1. The average Bonchev–Trinajstić information content (AvgIpc) is 3.06. The van der Waals surface area contributed by atoms with Gasteiger partial charge in [0.1, 0.15) is 0 Å². The maximum Gasteiger partial charge on any atom is 0.253 e. The van der Waals surface area contributed by atoms with Gasteiger partial charge in [-0.15, -0.1) is 5.10 Å². The van der Waals surface area contributed by atoms with E-state index in [1.165, 1.54) is 22.9 Å². The lowest BCUT2D eigenvalue weighted by molar-refractivity contribution is -0.121. The molecule has 3 rings (SSSR count). The third kappa shape index (κ3) is 4.47. The minimum absolute atomic E-state index is 0.0610. The maximum absolute atomic E-state index is 12.3. The van der Waals surface area contributed by atoms with Crippen molar-refractivity contribution in [2.75, 3.05) is 12.8 Å². The summed E-state index contributed by atoms with van der Waals surface area (Å²) in [6, 6.07) is 8.27. The van der Waals surface area contributed by atoms with E-state index in [0.717, 1.165) is 23.4 Å². The third-order valence-corrected chi connectivity index (χ3v) is 5.33. The van der Waals surface area contributed by atoms with Crippen LogP contribution < -0.4 is 5.32 Å². The Kier molecular flexibility index (Phi) is 6.11. The first kappa shape index (κ1) is 19.4. The highest BCUT2D eigenvalue weighted by atomic mass is 32.2. The number of fused-ring (bicyclic) bond motifs is 1. The van der Waals surface area contributed by atoms with Crippen molar-refractivity contribution in [3.05, 3.63) is 52.3 Å². The highest BCUT2D eigenvalue weighted by Gasteiger charge is 2.14. The topological polar surface area (TPSA) is 72.2 Å². The lowest BCUT2D eigenvalue weighted by Gasteiger charge is -2.11. The van der Waals surface area contributed by atoms with Gasteiger partial charge in [-0.1, -0.05) is 36.0 Å². The fourth-order valence-electron chi connectivity index (χ4n) is 3.19. The van der Waals surface area contributed by atoms with E-state index in [2.05, 4.69) is 39.4 Å². The van der Waals surface area contributed by atoms with Crippen LogP contribution in [0.15, 0.2) is 29.4 Å². The Labute approximate surface area is 163 Å². The monoisotopic (exact) mass is 383 g/mol. The summed E-state index contributed by atoms with van der Waals surface area (Å²) in [5, 5.41) is 8.18. The Balaban J connectivity index is 1.59. The second-order valence-corrected chi connectivity index (χ2v) is 7.37. The number of nitrogens with one attached hydrogen (secondary N) is 1. The predicted octanol–water partition coefficient (Wildman–Crippen LogP) is 3.06. The Bertz CT molecular complexity index is 966. The van der Waals surface area contributed by atoms with Crippen molar-refractivity contribution in [1.29, 1.82) is 0 Å². The van der Waals surface area contributed by atoms with Crippen molar-refractivity contribution < 1.29 is 4.79 Å². The molecule has 2 heterocycles. The summed E-state index contributed by atoms with van der Waals surface area (Å²) in [5.74, 6) is 0.673. The number of carbonyl (C=O) groups excluding carboxylic acids is 1. The maximum atomic E-state index is 12.3. The second kappa shape index (κ2) is 8.52. The van der Waals surface area contributed by atoms with Crippen molar-refractivity contribution >= 4 is 23.4 Å². The van der Waals surface area contributed by atoms with Crippen LogP contribution in [-0.4, -0.2) is 38.3 Å². The molecule has 1 amide bonds. The number of nitrogens with zero attached hydrogens (tertiary/aromatic N) is 4. The van der Waals surface area contributed by atoms with Crippen LogP contribution in [0.1, 0.15) is 34.5 Å². The van der Waals surface area contributed by atoms with Gasteiger partial charge in [0.15, 0.2) is 0 Å². The lowest BCUT2D eigenvalue weighted by Crippen LogP contribution is -2.26. The molecule has 0 saturated carbocycles. The van der Waals surface area contributed by atoms with Gasteiger partial charge in [-0.3, -0.25) is 4.79 Å². The summed E-state index contributed by atoms with van der Waals surface area (Å²) in [6.45, 7) is 6.72. The molecule has 0 unspecified atom stereocenters. The number of aryl methyl sites for hydroxylation is 3. The fraction of sp³-hybridized carbons (Fsp3) is 0.400. The molecule has 0 aliphatic rings. The summed E-state index contributed by atoms with van der Waals surface area (Å²) in [6.07, 6.45) is 3.87. The fourth-order valence-corrected chi connectivity index (χ4v) is 3.53. The van der Waals surface area contributed by atoms with Crippen LogP contribution in [0, 0.1) is 20.8 Å². The first-order valence-electron chi connectivity index (χ1n) is 9.07. The number of rotatable bonds is 7. The molecule has 1 N–H and O–H groups in total. The van der Waals surface area contributed by atoms with Crippen molar-refractivity contribution in [3.63, 3.8) is 0 Å². The zero-order valence-corrected chi connectivity index (χ0v) is 17.1. The van der Waals surface area contributed by atoms with Crippen LogP contribution in [0.5, 0.6) is 0 Å². The van der Waals surface area contributed by atoms with Crippen molar-refractivity contribution in [2.24, 2.45) is 0 Å². The smallest absolute Gasteiger partial charge is 0.253 e. The van der Waals surface area contributed by atoms with Crippen LogP contribution in [0.2, 0.25) is 0 Å². The standard InChI is InChI=1S/C20H25N5OS/c1-13-7-5-6-8-16(13)11-12-21-18(26)10-9-17-14(2)22-19-23-20(27-4)24-25(19)15(17)3/h5-8H,9-12H2,1-4H3,(H,21,26). The molecule has 0 spiro atoms. The van der Waals surface area contributed by atoms with E-state index in [4.69, 9.17) is 0 Å². The normalized spacial score (nSPS) is 11.1. The molecule has 7 heteroatoms. The SMILES string of the molecule is CSc1nc2nc(C)c(CCC(=O)NCCc3ccccc3C)c(C)n2n1. The van der Waals surface area contributed by atoms with Gasteiger partial charge in [0.25, 0.3) is 5.78 Å². The van der Waals surface area contributed by atoms with Gasteiger partial charge in [-0.2, -0.15) is 4.98 Å². The van der Waals surface area contributed by atoms with Crippen molar-refractivity contribution in [1.82, 2.24) is 24.9 Å². The van der Waals surface area contributed by atoms with E-state index in [-0.39, 0.29) is 5.91 Å². The van der Waals surface area contributed by atoms with Crippen LogP contribution >= 0.6 is 11.8 Å². The largest absolute Gasteiger partial charge is 0.356 e. The van der Waals surface area contributed by atoms with E-state index in [1.807, 2.05) is 32.2 Å². The first-order chi connectivity index (χ1) is 13.0. The van der Waals surface area contributed by atoms with Gasteiger partial charge < -0.3 is 5.32 Å². The van der Waals surface area contributed by atoms with Gasteiger partial charge in [0.05, 0.1) is 0 Å². The zero-order valence-electron chi connectivity index (χ0n) is 16.2. The van der Waals surface area contributed by atoms with E-state index in [1.54, 1.807) is 4.52 Å². The Morgan fingerprint density at radius 2 is 1.93 bits per heavy atom. The summed E-state index contributed by atoms with van der Waals surface area (Å²) in [7, 11) is 0. The molecule has 0 aliphatic heterocycles. The number of amides is 1. The van der Waals surface area contributed by atoms with Gasteiger partial charge >= 0.3 is 0 Å². The molecule has 0 atom stereocenters. The summed E-state index contributed by atoms with van der Waals surface area (Å²) in [4.78, 5) is 21.2. The van der Waals surface area contributed by atoms with E-state index >= 15 is 0 Å². The minimum atomic E-state index is 0.0610. The Morgan fingerprint density at radius 3 is 2.67 bits per heavy atom. The van der Waals surface area contributed by atoms with Gasteiger partial charge in [0.2, 0.25) is 11.1 Å². The summed E-state index contributed by atoms with van der Waals surface area (Å²) in [5.41, 5.74) is 5.50. The number of benzene rings is 1. The molecule has 3 aromatic rings. The molecule has 0 radical (unpaired) electrons. The van der Waals surface area contributed by atoms with Crippen LogP contribution in [0.3, 0.4) is 0 Å². The second-order valence-electron chi connectivity index (χ2n) is 6.60. The number of carbonyl (C=O) groups is 1. The molecular formula is C20H25N5OS. The molecule has 6 nitrogen and oxygen atoms in total. The predicted molar refractivity (Wildman–Crippen MR) is 108 cm³/mol. The molecule has 0 fully saturated rings. The lowest BCUT2D eigenvalue weighted by atomic mass is 10.1. The molecule has 0 aliphatic carbocycles. The zero-order chi connectivity index (χ0) is 19.4. The molecule has 27 heavy (non-hydrogen) atoms. The first-order valence-corrected chi connectivity index (χ1v) is 10.3. The van der Waals surface area contributed by atoms with Crippen LogP contribution in [0.25, 0.3) is 5.78 Å².